The maximum atomic E-state index is 9.58. The minimum Gasteiger partial charge on any atom is -0.506 e. The van der Waals surface area contributed by atoms with E-state index in [0.29, 0.717) is 12.3 Å². The van der Waals surface area contributed by atoms with Crippen LogP contribution in [0.5, 0.6) is 11.5 Å². The molecule has 0 radical (unpaired) electrons. The Morgan fingerprint density at radius 2 is 2.29 bits per heavy atom. The van der Waals surface area contributed by atoms with Crippen molar-refractivity contribution in [3.8, 4) is 11.5 Å². The van der Waals surface area contributed by atoms with E-state index in [2.05, 4.69) is 0 Å². The number of thiophene rings is 1. The van der Waals surface area contributed by atoms with Crippen molar-refractivity contribution in [3.05, 3.63) is 17.5 Å². The highest BCUT2D eigenvalue weighted by Gasteiger charge is 2.10. The Morgan fingerprint density at radius 3 is 3.00 bits per heavy atom. The van der Waals surface area contributed by atoms with Gasteiger partial charge in [-0.1, -0.05) is 0 Å². The van der Waals surface area contributed by atoms with Crippen LogP contribution < -0.4 is 10.5 Å². The number of aromatic hydroxyl groups is 1. The molecule has 0 spiro atoms. The molecule has 0 saturated heterocycles. The van der Waals surface area contributed by atoms with Crippen LogP contribution in [0, 0.1) is 0 Å². The van der Waals surface area contributed by atoms with Crippen LogP contribution in [0.3, 0.4) is 0 Å². The highest BCUT2D eigenvalue weighted by atomic mass is 32.1. The van der Waals surface area contributed by atoms with Gasteiger partial charge in [0, 0.05) is 5.38 Å². The summed E-state index contributed by atoms with van der Waals surface area (Å²) >= 11 is 1.43. The first-order valence-electron chi connectivity index (χ1n) is 4.35. The van der Waals surface area contributed by atoms with E-state index in [4.69, 9.17) is 10.5 Å². The van der Waals surface area contributed by atoms with Gasteiger partial charge >= 0.3 is 0 Å². The van der Waals surface area contributed by atoms with E-state index in [0.717, 1.165) is 15.8 Å². The van der Waals surface area contributed by atoms with E-state index in [9.17, 15) is 5.11 Å². The SMILES string of the molecule is CCOc1ccc(O)c2scc(N)c12. The first kappa shape index (κ1) is 9.15. The van der Waals surface area contributed by atoms with E-state index in [1.807, 2.05) is 12.3 Å². The molecule has 1 aromatic carbocycles. The molecule has 4 heteroatoms. The molecule has 74 valence electrons. The topological polar surface area (TPSA) is 55.5 Å². The lowest BCUT2D eigenvalue weighted by Gasteiger charge is -2.05. The Kier molecular flexibility index (Phi) is 2.21. The number of phenols is 1. The van der Waals surface area contributed by atoms with Crippen molar-refractivity contribution < 1.29 is 9.84 Å². The predicted molar refractivity (Wildman–Crippen MR) is 59.1 cm³/mol. The second-order valence-corrected chi connectivity index (χ2v) is 3.79. The Balaban J connectivity index is 2.72. The second-order valence-electron chi connectivity index (χ2n) is 2.91. The zero-order chi connectivity index (χ0) is 10.1. The van der Waals surface area contributed by atoms with Gasteiger partial charge in [-0.15, -0.1) is 11.3 Å². The molecule has 0 fully saturated rings. The quantitative estimate of drug-likeness (QED) is 0.799. The zero-order valence-corrected chi connectivity index (χ0v) is 8.60. The van der Waals surface area contributed by atoms with Crippen LogP contribution in [0.15, 0.2) is 17.5 Å². The number of nitrogens with two attached hydrogens (primary N) is 1. The molecule has 0 aliphatic heterocycles. The van der Waals surface area contributed by atoms with Crippen LogP contribution in [0.25, 0.3) is 10.1 Å². The van der Waals surface area contributed by atoms with E-state index in [1.165, 1.54) is 11.3 Å². The van der Waals surface area contributed by atoms with Gasteiger partial charge < -0.3 is 15.6 Å². The zero-order valence-electron chi connectivity index (χ0n) is 7.78. The van der Waals surface area contributed by atoms with E-state index in [1.54, 1.807) is 12.1 Å². The smallest absolute Gasteiger partial charge is 0.133 e. The van der Waals surface area contributed by atoms with E-state index in [-0.39, 0.29) is 5.75 Å². The fraction of sp³-hybridized carbons (Fsp3) is 0.200. The number of fused-ring (bicyclic) bond motifs is 1. The number of nitrogen functional groups attached to an aromatic ring is 1. The molecular weight excluding hydrogens is 198 g/mol. The molecule has 1 heterocycles. The van der Waals surface area contributed by atoms with E-state index < -0.39 is 0 Å². The van der Waals surface area contributed by atoms with Crippen molar-refractivity contribution in [2.75, 3.05) is 12.3 Å². The molecule has 0 saturated carbocycles. The van der Waals surface area contributed by atoms with Gasteiger partial charge in [0.05, 0.1) is 22.4 Å². The summed E-state index contributed by atoms with van der Waals surface area (Å²) < 4.78 is 6.21. The minimum atomic E-state index is 0.255. The summed E-state index contributed by atoms with van der Waals surface area (Å²) in [5.41, 5.74) is 6.45. The van der Waals surface area contributed by atoms with Crippen LogP contribution >= 0.6 is 11.3 Å². The fourth-order valence-corrected chi connectivity index (χ4v) is 2.29. The molecule has 0 aliphatic rings. The summed E-state index contributed by atoms with van der Waals surface area (Å²) in [6.45, 7) is 2.51. The lowest BCUT2D eigenvalue weighted by molar-refractivity contribution is 0.344. The molecule has 2 rings (SSSR count). The third-order valence-electron chi connectivity index (χ3n) is 1.99. The van der Waals surface area contributed by atoms with Crippen molar-refractivity contribution >= 4 is 27.1 Å². The van der Waals surface area contributed by atoms with Crippen LogP contribution in [-0.4, -0.2) is 11.7 Å². The number of hydrogen-bond donors (Lipinski definition) is 2. The summed E-state index contributed by atoms with van der Waals surface area (Å²) in [5.74, 6) is 0.990. The van der Waals surface area contributed by atoms with Gasteiger partial charge in [0.1, 0.15) is 11.5 Å². The van der Waals surface area contributed by atoms with Crippen molar-refractivity contribution in [1.29, 1.82) is 0 Å². The molecule has 3 nitrogen and oxygen atoms in total. The third kappa shape index (κ3) is 1.28. The number of anilines is 1. The maximum Gasteiger partial charge on any atom is 0.133 e. The van der Waals surface area contributed by atoms with Crippen molar-refractivity contribution in [3.63, 3.8) is 0 Å². The molecular formula is C10H11NO2S. The normalized spacial score (nSPS) is 10.6. The monoisotopic (exact) mass is 209 g/mol. The largest absolute Gasteiger partial charge is 0.506 e. The lowest BCUT2D eigenvalue weighted by Crippen LogP contribution is -1.92. The van der Waals surface area contributed by atoms with Gasteiger partial charge in [-0.25, -0.2) is 0 Å². The molecule has 0 atom stereocenters. The molecule has 2 aromatic rings. The first-order valence-corrected chi connectivity index (χ1v) is 5.23. The summed E-state index contributed by atoms with van der Waals surface area (Å²) in [6, 6.07) is 3.37. The minimum absolute atomic E-state index is 0.255. The third-order valence-corrected chi connectivity index (χ3v) is 3.01. The average Bonchev–Trinajstić information content (AvgIpc) is 2.55. The molecule has 14 heavy (non-hydrogen) atoms. The molecule has 0 unspecified atom stereocenters. The molecule has 3 N–H and O–H groups in total. The van der Waals surface area contributed by atoms with E-state index >= 15 is 0 Å². The van der Waals surface area contributed by atoms with Gasteiger partial charge in [0.15, 0.2) is 0 Å². The van der Waals surface area contributed by atoms with Gasteiger partial charge in [-0.05, 0) is 19.1 Å². The number of benzene rings is 1. The van der Waals surface area contributed by atoms with Crippen LogP contribution in [0.1, 0.15) is 6.92 Å². The Morgan fingerprint density at radius 1 is 1.50 bits per heavy atom. The standard InChI is InChI=1S/C10H11NO2S/c1-2-13-8-4-3-7(12)10-9(8)6(11)5-14-10/h3-5,12H,2,11H2,1H3. The van der Waals surface area contributed by atoms with Gasteiger partial charge in [0.2, 0.25) is 0 Å². The van der Waals surface area contributed by atoms with Crippen molar-refractivity contribution in [1.82, 2.24) is 0 Å². The molecule has 0 bridgehead atoms. The summed E-state index contributed by atoms with van der Waals surface area (Å²) in [5, 5.41) is 12.2. The predicted octanol–water partition coefficient (Wildman–Crippen LogP) is 2.59. The van der Waals surface area contributed by atoms with Gasteiger partial charge in [0.25, 0.3) is 0 Å². The van der Waals surface area contributed by atoms with Crippen molar-refractivity contribution in [2.45, 2.75) is 6.92 Å². The molecule has 1 aromatic heterocycles. The first-order chi connectivity index (χ1) is 6.74. The van der Waals surface area contributed by atoms with Gasteiger partial charge in [-0.2, -0.15) is 0 Å². The highest BCUT2D eigenvalue weighted by molar-refractivity contribution is 7.18. The Hall–Kier alpha value is -1.42. The van der Waals surface area contributed by atoms with Crippen LogP contribution in [0.2, 0.25) is 0 Å². The average molecular weight is 209 g/mol. The molecule has 0 aliphatic carbocycles. The van der Waals surface area contributed by atoms with Gasteiger partial charge in [-0.3, -0.25) is 0 Å². The summed E-state index contributed by atoms with van der Waals surface area (Å²) in [7, 11) is 0. The molecule has 0 amide bonds. The number of hydrogen-bond acceptors (Lipinski definition) is 4. The number of rotatable bonds is 2. The number of ether oxygens (including phenoxy) is 1. The van der Waals surface area contributed by atoms with Crippen LogP contribution in [0.4, 0.5) is 5.69 Å². The Bertz CT molecular complexity index is 464. The maximum absolute atomic E-state index is 9.58. The van der Waals surface area contributed by atoms with Crippen molar-refractivity contribution in [2.24, 2.45) is 0 Å². The summed E-state index contributed by atoms with van der Waals surface area (Å²) in [4.78, 5) is 0. The summed E-state index contributed by atoms with van der Waals surface area (Å²) in [6.07, 6.45) is 0. The number of phenolic OH excluding ortho intramolecular Hbond substituents is 1. The fourth-order valence-electron chi connectivity index (χ4n) is 1.40. The Labute approximate surface area is 85.7 Å². The highest BCUT2D eigenvalue weighted by Crippen LogP contribution is 2.40. The second kappa shape index (κ2) is 3.38. The lowest BCUT2D eigenvalue weighted by atomic mass is 10.2. The van der Waals surface area contributed by atoms with Crippen LogP contribution in [-0.2, 0) is 0 Å².